The zero-order chi connectivity index (χ0) is 14.4. The van der Waals surface area contributed by atoms with E-state index in [2.05, 4.69) is 66.6 Å². The maximum atomic E-state index is 4.76. The third-order valence-electron chi connectivity index (χ3n) is 3.89. The topological polar surface area (TPSA) is 29.9 Å². The van der Waals surface area contributed by atoms with Crippen molar-refractivity contribution in [3.8, 4) is 0 Å². The highest BCUT2D eigenvalue weighted by Crippen LogP contribution is 2.27. The second kappa shape index (κ2) is 8.35. The van der Waals surface area contributed by atoms with E-state index in [9.17, 15) is 0 Å². The second-order valence-corrected chi connectivity index (χ2v) is 7.89. The molecule has 1 saturated heterocycles. The second-order valence-electron chi connectivity index (χ2n) is 5.40. The largest absolute Gasteiger partial charge is 0.313 e. The van der Waals surface area contributed by atoms with E-state index in [0.29, 0.717) is 12.1 Å². The number of rotatable bonds is 7. The highest BCUT2D eigenvalue weighted by molar-refractivity contribution is 8.06. The van der Waals surface area contributed by atoms with Crippen LogP contribution in [0.5, 0.6) is 0 Å². The number of nitrogens with one attached hydrogen (secondary N) is 1. The minimum absolute atomic E-state index is 0.501. The molecule has 3 atom stereocenters. The van der Waals surface area contributed by atoms with Crippen molar-refractivity contribution in [1.82, 2.24) is 15.1 Å². The molecule has 2 heterocycles. The molecule has 3 unspecified atom stereocenters. The standard InChI is InChI=1S/C15H27N3S2/c1-4-12(3)18-7-6-13(17-18)10-14(16-5-2)15-11-19-8-9-20-15/h6-7,12,14-16H,4-5,8-11H2,1-3H3. The van der Waals surface area contributed by atoms with Gasteiger partial charge < -0.3 is 5.32 Å². The van der Waals surface area contributed by atoms with Gasteiger partial charge in [-0.15, -0.1) is 0 Å². The predicted octanol–water partition coefficient (Wildman–Crippen LogP) is 3.22. The molecule has 114 valence electrons. The Morgan fingerprint density at radius 3 is 2.95 bits per heavy atom. The number of hydrogen-bond acceptors (Lipinski definition) is 4. The third kappa shape index (κ3) is 4.43. The summed E-state index contributed by atoms with van der Waals surface area (Å²) >= 11 is 4.23. The molecule has 1 N–H and O–H groups in total. The Bertz CT molecular complexity index is 388. The molecule has 1 aromatic rings. The van der Waals surface area contributed by atoms with Gasteiger partial charge in [-0.3, -0.25) is 4.68 Å². The first-order valence-corrected chi connectivity index (χ1v) is 9.91. The molecule has 5 heteroatoms. The molecule has 0 radical (unpaired) electrons. The van der Waals surface area contributed by atoms with Crippen LogP contribution in [0.25, 0.3) is 0 Å². The van der Waals surface area contributed by atoms with Gasteiger partial charge in [0, 0.05) is 47.2 Å². The van der Waals surface area contributed by atoms with Crippen LogP contribution >= 0.6 is 23.5 Å². The van der Waals surface area contributed by atoms with Crippen LogP contribution in [0.1, 0.15) is 38.9 Å². The number of hydrogen-bond donors (Lipinski definition) is 1. The molecule has 0 saturated carbocycles. The van der Waals surface area contributed by atoms with Crippen molar-refractivity contribution in [2.24, 2.45) is 0 Å². The van der Waals surface area contributed by atoms with Crippen LogP contribution in [0, 0.1) is 0 Å². The van der Waals surface area contributed by atoms with Crippen molar-refractivity contribution in [1.29, 1.82) is 0 Å². The average molecular weight is 314 g/mol. The first-order chi connectivity index (χ1) is 9.74. The minimum atomic E-state index is 0.501. The van der Waals surface area contributed by atoms with Crippen molar-refractivity contribution in [3.63, 3.8) is 0 Å². The maximum Gasteiger partial charge on any atom is 0.0640 e. The van der Waals surface area contributed by atoms with E-state index in [1.807, 2.05) is 0 Å². The van der Waals surface area contributed by atoms with Crippen LogP contribution in [-0.4, -0.2) is 44.9 Å². The van der Waals surface area contributed by atoms with Crippen molar-refractivity contribution >= 4 is 23.5 Å². The smallest absolute Gasteiger partial charge is 0.0640 e. The van der Waals surface area contributed by atoms with E-state index in [-0.39, 0.29) is 0 Å². The molecule has 20 heavy (non-hydrogen) atoms. The van der Waals surface area contributed by atoms with Crippen molar-refractivity contribution in [3.05, 3.63) is 18.0 Å². The van der Waals surface area contributed by atoms with Crippen LogP contribution in [0.3, 0.4) is 0 Å². The molecule has 1 aromatic heterocycles. The van der Waals surface area contributed by atoms with Gasteiger partial charge in [0.25, 0.3) is 0 Å². The quantitative estimate of drug-likeness (QED) is 0.837. The lowest BCUT2D eigenvalue weighted by Gasteiger charge is -2.29. The molecule has 1 aliphatic rings. The monoisotopic (exact) mass is 313 g/mol. The van der Waals surface area contributed by atoms with Crippen LogP contribution in [0.4, 0.5) is 0 Å². The van der Waals surface area contributed by atoms with Gasteiger partial charge in [0.2, 0.25) is 0 Å². The Morgan fingerprint density at radius 2 is 2.30 bits per heavy atom. The van der Waals surface area contributed by atoms with Gasteiger partial charge in [0.1, 0.15) is 0 Å². The summed E-state index contributed by atoms with van der Waals surface area (Å²) in [4.78, 5) is 0. The highest BCUT2D eigenvalue weighted by atomic mass is 32.2. The SMILES string of the molecule is CCNC(Cc1ccn(C(C)CC)n1)C1CSCCS1. The molecule has 1 fully saturated rings. The van der Waals surface area contributed by atoms with E-state index >= 15 is 0 Å². The normalized spacial score (nSPS) is 22.6. The number of nitrogens with zero attached hydrogens (tertiary/aromatic N) is 2. The van der Waals surface area contributed by atoms with Gasteiger partial charge in [-0.1, -0.05) is 13.8 Å². The van der Waals surface area contributed by atoms with Crippen molar-refractivity contribution in [2.45, 2.75) is 50.9 Å². The van der Waals surface area contributed by atoms with Gasteiger partial charge in [-0.2, -0.15) is 28.6 Å². The molecule has 3 nitrogen and oxygen atoms in total. The van der Waals surface area contributed by atoms with Gasteiger partial charge in [-0.05, 0) is 26.0 Å². The highest BCUT2D eigenvalue weighted by Gasteiger charge is 2.24. The summed E-state index contributed by atoms with van der Waals surface area (Å²) < 4.78 is 2.11. The van der Waals surface area contributed by atoms with Crippen molar-refractivity contribution in [2.75, 3.05) is 23.8 Å². The summed E-state index contributed by atoms with van der Waals surface area (Å²) in [6, 6.07) is 3.25. The molecule has 1 aliphatic heterocycles. The third-order valence-corrected chi connectivity index (χ3v) is 6.81. The Kier molecular flexibility index (Phi) is 6.78. The van der Waals surface area contributed by atoms with Crippen molar-refractivity contribution < 1.29 is 0 Å². The summed E-state index contributed by atoms with van der Waals surface area (Å²) in [5.41, 5.74) is 1.23. The summed E-state index contributed by atoms with van der Waals surface area (Å²) in [5, 5.41) is 9.15. The Morgan fingerprint density at radius 1 is 1.45 bits per heavy atom. The van der Waals surface area contributed by atoms with E-state index in [4.69, 9.17) is 5.10 Å². The predicted molar refractivity (Wildman–Crippen MR) is 92.0 cm³/mol. The van der Waals surface area contributed by atoms with Crippen LogP contribution in [0.15, 0.2) is 12.3 Å². The lowest BCUT2D eigenvalue weighted by Crippen LogP contribution is -2.42. The average Bonchev–Trinajstić information content (AvgIpc) is 2.95. The fourth-order valence-electron chi connectivity index (χ4n) is 2.48. The molecular formula is C15H27N3S2. The number of likely N-dealkylation sites (N-methyl/N-ethyl adjacent to an activating group) is 1. The van der Waals surface area contributed by atoms with Crippen LogP contribution in [0.2, 0.25) is 0 Å². The molecule has 0 aliphatic carbocycles. The van der Waals surface area contributed by atoms with Gasteiger partial charge in [0.15, 0.2) is 0 Å². The fraction of sp³-hybridized carbons (Fsp3) is 0.800. The maximum absolute atomic E-state index is 4.76. The molecular weight excluding hydrogens is 286 g/mol. The molecule has 2 rings (SSSR count). The summed E-state index contributed by atoms with van der Waals surface area (Å²) in [7, 11) is 0. The molecule has 0 amide bonds. The zero-order valence-corrected chi connectivity index (χ0v) is 14.5. The molecule has 0 spiro atoms. The molecule has 0 bridgehead atoms. The van der Waals surface area contributed by atoms with Gasteiger partial charge >= 0.3 is 0 Å². The van der Waals surface area contributed by atoms with Gasteiger partial charge in [-0.25, -0.2) is 0 Å². The first-order valence-electron chi connectivity index (χ1n) is 7.71. The lowest BCUT2D eigenvalue weighted by molar-refractivity contribution is 0.464. The number of thioether (sulfide) groups is 2. The van der Waals surface area contributed by atoms with E-state index < -0.39 is 0 Å². The summed E-state index contributed by atoms with van der Waals surface area (Å²) in [6.45, 7) is 7.68. The first kappa shape index (κ1) is 16.2. The Hall–Kier alpha value is -0.130. The van der Waals surface area contributed by atoms with Crippen LogP contribution < -0.4 is 5.32 Å². The van der Waals surface area contributed by atoms with E-state index in [0.717, 1.165) is 24.6 Å². The summed E-state index contributed by atoms with van der Waals surface area (Å²) in [6.07, 6.45) is 4.32. The fourth-order valence-corrected chi connectivity index (χ4v) is 5.37. The zero-order valence-electron chi connectivity index (χ0n) is 12.8. The Balaban J connectivity index is 1.97. The minimum Gasteiger partial charge on any atom is -0.313 e. The van der Waals surface area contributed by atoms with E-state index in [1.54, 1.807) is 0 Å². The van der Waals surface area contributed by atoms with E-state index in [1.165, 1.54) is 23.0 Å². The summed E-state index contributed by atoms with van der Waals surface area (Å²) in [5.74, 6) is 3.87. The van der Waals surface area contributed by atoms with Gasteiger partial charge in [0.05, 0.1) is 5.69 Å². The number of aromatic nitrogens is 2. The van der Waals surface area contributed by atoms with Crippen LogP contribution in [-0.2, 0) is 6.42 Å². The lowest BCUT2D eigenvalue weighted by atomic mass is 10.1. The molecule has 0 aromatic carbocycles. The Labute approximate surface area is 131 Å².